The Morgan fingerprint density at radius 3 is 1.89 bits per heavy atom. The van der Waals surface area contributed by atoms with Crippen molar-refractivity contribution in [1.82, 2.24) is 31.5 Å². The summed E-state index contributed by atoms with van der Waals surface area (Å²) in [6.45, 7) is 15.0. The molecule has 0 spiro atoms. The van der Waals surface area contributed by atoms with E-state index in [0.717, 1.165) is 19.3 Å². The van der Waals surface area contributed by atoms with Gasteiger partial charge in [-0.1, -0.05) is 47.5 Å². The second kappa shape index (κ2) is 19.5. The number of amides is 6. The Balaban J connectivity index is 0.00000284. The van der Waals surface area contributed by atoms with Crippen LogP contribution in [0.15, 0.2) is 0 Å². The minimum absolute atomic E-state index is 0.0108. The van der Waals surface area contributed by atoms with E-state index in [9.17, 15) is 28.8 Å². The van der Waals surface area contributed by atoms with Crippen molar-refractivity contribution in [3.05, 3.63) is 0 Å². The zero-order valence-electron chi connectivity index (χ0n) is 28.3. The van der Waals surface area contributed by atoms with Gasteiger partial charge in [0.2, 0.25) is 17.7 Å². The maximum atomic E-state index is 13.6. The molecule has 1 aliphatic carbocycles. The fourth-order valence-electron chi connectivity index (χ4n) is 4.30. The van der Waals surface area contributed by atoms with Gasteiger partial charge in [0.05, 0.1) is 6.54 Å². The molecule has 0 radical (unpaired) electrons. The largest absolute Gasteiger partial charge is 0.363 e. The van der Waals surface area contributed by atoms with Crippen molar-refractivity contribution in [2.75, 3.05) is 25.6 Å². The summed E-state index contributed by atoms with van der Waals surface area (Å²) in [6, 6.07) is -2.60. The standard InChI is InChI=1S/C25H43N7O6.C3H8.C2H6S/c1-24(2,3)18(29-23(38)27-13-16(33)31-25(4,5)6)22(37)32-12-8-11-15(32)21(36)30-20(17(34)19(26)35)28-14-9-7-10-14;2*1-3-2/h14-15,18,20,28H,7-13H2,1-6H3,(H2,26,35)(H,30,36)(H,31,33)(H2,27,29,38);3H2,1-2H3;1-2H3/t15-,18+,20?;;/m0../s1. The first-order valence-electron chi connectivity index (χ1n) is 15.3. The summed E-state index contributed by atoms with van der Waals surface area (Å²) in [5, 5.41) is 13.4. The van der Waals surface area contributed by atoms with Gasteiger partial charge in [0, 0.05) is 18.1 Å². The van der Waals surface area contributed by atoms with Gasteiger partial charge in [0.25, 0.3) is 11.7 Å². The number of nitrogens with two attached hydrogens (primary N) is 1. The third-order valence-electron chi connectivity index (χ3n) is 6.45. The van der Waals surface area contributed by atoms with E-state index in [-0.39, 0.29) is 25.0 Å². The van der Waals surface area contributed by atoms with Crippen molar-refractivity contribution in [3.63, 3.8) is 0 Å². The topological polar surface area (TPSA) is 192 Å². The van der Waals surface area contributed by atoms with Crippen molar-refractivity contribution in [2.45, 2.75) is 124 Å². The number of rotatable bonds is 10. The van der Waals surface area contributed by atoms with Crippen LogP contribution < -0.4 is 32.3 Å². The van der Waals surface area contributed by atoms with Crippen molar-refractivity contribution in [3.8, 4) is 0 Å². The fraction of sp³-hybridized carbons (Fsp3) is 0.800. The van der Waals surface area contributed by atoms with Crippen molar-refractivity contribution in [2.24, 2.45) is 11.1 Å². The number of ketones is 1. The van der Waals surface area contributed by atoms with E-state index >= 15 is 0 Å². The lowest BCUT2D eigenvalue weighted by Gasteiger charge is -2.36. The van der Waals surface area contributed by atoms with Gasteiger partial charge in [-0.25, -0.2) is 4.79 Å². The van der Waals surface area contributed by atoms with Gasteiger partial charge in [0.15, 0.2) is 0 Å². The Bertz CT molecular complexity index is 974. The molecule has 0 aromatic heterocycles. The number of hydrogen-bond acceptors (Lipinski definition) is 8. The average molecular weight is 644 g/mol. The molecule has 2 fully saturated rings. The fourth-order valence-corrected chi connectivity index (χ4v) is 4.30. The molecule has 1 saturated heterocycles. The van der Waals surface area contributed by atoms with Crippen LogP contribution in [0, 0.1) is 5.41 Å². The lowest BCUT2D eigenvalue weighted by Crippen LogP contribution is -2.63. The molecule has 1 unspecified atom stereocenters. The molecule has 0 aromatic carbocycles. The van der Waals surface area contributed by atoms with E-state index < -0.39 is 58.7 Å². The number of carbonyl (C=O) groups excluding carboxylic acids is 6. The zero-order chi connectivity index (χ0) is 34.3. The summed E-state index contributed by atoms with van der Waals surface area (Å²) in [7, 11) is 0. The van der Waals surface area contributed by atoms with E-state index in [1.165, 1.54) is 11.3 Å². The van der Waals surface area contributed by atoms with E-state index in [0.29, 0.717) is 12.8 Å². The van der Waals surface area contributed by atoms with Crippen molar-refractivity contribution in [1.29, 1.82) is 0 Å². The molecule has 1 heterocycles. The zero-order valence-corrected chi connectivity index (χ0v) is 29.2. The molecular weight excluding hydrogens is 586 g/mol. The minimum Gasteiger partial charge on any atom is -0.363 e. The molecule has 3 atom stereocenters. The molecule has 13 nitrogen and oxygen atoms in total. The van der Waals surface area contributed by atoms with Crippen LogP contribution in [0.3, 0.4) is 0 Å². The van der Waals surface area contributed by atoms with Crippen LogP contribution in [0.2, 0.25) is 0 Å². The first-order chi connectivity index (χ1) is 20.3. The summed E-state index contributed by atoms with van der Waals surface area (Å²) in [5.41, 5.74) is 3.99. The number of hydrogen-bond donors (Lipinski definition) is 6. The number of primary amides is 1. The quantitative estimate of drug-likeness (QED) is 0.153. The van der Waals surface area contributed by atoms with Gasteiger partial charge in [-0.3, -0.25) is 29.3 Å². The predicted molar refractivity (Wildman–Crippen MR) is 175 cm³/mol. The van der Waals surface area contributed by atoms with Gasteiger partial charge in [0.1, 0.15) is 18.2 Å². The Morgan fingerprint density at radius 1 is 0.909 bits per heavy atom. The first kappa shape index (κ1) is 41.1. The maximum Gasteiger partial charge on any atom is 0.315 e. The maximum absolute atomic E-state index is 13.6. The average Bonchev–Trinajstić information content (AvgIpc) is 3.36. The highest BCUT2D eigenvalue weighted by atomic mass is 32.2. The smallest absolute Gasteiger partial charge is 0.315 e. The van der Waals surface area contributed by atoms with Crippen LogP contribution in [0.5, 0.6) is 0 Å². The normalized spacial score (nSPS) is 17.7. The first-order valence-corrected chi connectivity index (χ1v) is 16.9. The molecule has 7 N–H and O–H groups in total. The molecule has 2 aliphatic rings. The molecule has 0 aromatic rings. The number of nitrogens with zero attached hydrogens (tertiary/aromatic N) is 1. The van der Waals surface area contributed by atoms with Crippen molar-refractivity contribution >= 4 is 47.2 Å². The van der Waals surface area contributed by atoms with Gasteiger partial charge in [-0.05, 0) is 64.4 Å². The van der Waals surface area contributed by atoms with Gasteiger partial charge in [-0.15, -0.1) is 0 Å². The van der Waals surface area contributed by atoms with Gasteiger partial charge in [-0.2, -0.15) is 11.8 Å². The van der Waals surface area contributed by atoms with Crippen LogP contribution in [0.4, 0.5) is 4.79 Å². The number of thioether (sulfide) groups is 1. The predicted octanol–water partition coefficient (Wildman–Crippen LogP) is 1.64. The second-order valence-electron chi connectivity index (χ2n) is 13.2. The van der Waals surface area contributed by atoms with Gasteiger partial charge < -0.3 is 31.9 Å². The van der Waals surface area contributed by atoms with Gasteiger partial charge >= 0.3 is 6.03 Å². The summed E-state index contributed by atoms with van der Waals surface area (Å²) in [5.74, 6) is -3.55. The summed E-state index contributed by atoms with van der Waals surface area (Å²) in [6.07, 6.45) is 7.56. The lowest BCUT2D eigenvalue weighted by atomic mass is 9.85. The summed E-state index contributed by atoms with van der Waals surface area (Å²) >= 11 is 1.75. The molecule has 2 rings (SSSR count). The van der Waals surface area contributed by atoms with Crippen LogP contribution in [0.25, 0.3) is 0 Å². The molecule has 14 heteroatoms. The van der Waals surface area contributed by atoms with E-state index in [1.54, 1.807) is 32.5 Å². The third kappa shape index (κ3) is 15.2. The van der Waals surface area contributed by atoms with Crippen LogP contribution in [-0.4, -0.2) is 95.8 Å². The Kier molecular flexibility index (Phi) is 18.2. The number of nitrogens with one attached hydrogen (secondary N) is 5. The second-order valence-corrected chi connectivity index (χ2v) is 14.0. The van der Waals surface area contributed by atoms with E-state index in [1.807, 2.05) is 33.3 Å². The van der Waals surface area contributed by atoms with E-state index in [4.69, 9.17) is 5.73 Å². The highest BCUT2D eigenvalue weighted by molar-refractivity contribution is 7.97. The van der Waals surface area contributed by atoms with Crippen LogP contribution >= 0.6 is 11.8 Å². The molecule has 254 valence electrons. The molecular formula is C30H57N7O6S. The number of urea groups is 1. The highest BCUT2D eigenvalue weighted by Crippen LogP contribution is 2.26. The number of carbonyl (C=O) groups is 6. The lowest BCUT2D eigenvalue weighted by molar-refractivity contribution is -0.143. The van der Waals surface area contributed by atoms with Crippen LogP contribution in [-0.2, 0) is 24.0 Å². The summed E-state index contributed by atoms with van der Waals surface area (Å²) < 4.78 is 0. The molecule has 1 aliphatic heterocycles. The van der Waals surface area contributed by atoms with Crippen LogP contribution in [0.1, 0.15) is 93.9 Å². The Labute approximate surface area is 267 Å². The highest BCUT2D eigenvalue weighted by Gasteiger charge is 2.43. The Morgan fingerprint density at radius 2 is 1.45 bits per heavy atom. The van der Waals surface area contributed by atoms with Crippen molar-refractivity contribution < 1.29 is 28.8 Å². The molecule has 0 bridgehead atoms. The summed E-state index contributed by atoms with van der Waals surface area (Å²) in [4.78, 5) is 76.6. The number of Topliss-reactive ketones (excluding diaryl/α,β-unsaturated/α-hetero) is 1. The Hall–Kier alpha value is -2.87. The SMILES string of the molecule is CC(C)(C)NC(=O)CNC(=O)N[C@H](C(=O)N1CCC[C@H]1C(=O)NC(NC1CCC1)C(=O)C(N)=O)C(C)(C)C.CCC.CSC. The molecule has 1 saturated carbocycles. The molecule has 44 heavy (non-hydrogen) atoms. The third-order valence-corrected chi connectivity index (χ3v) is 6.45. The minimum atomic E-state index is -1.27. The molecule has 6 amide bonds. The van der Waals surface area contributed by atoms with E-state index in [2.05, 4.69) is 40.4 Å². The monoisotopic (exact) mass is 643 g/mol. The number of likely N-dealkylation sites (tertiary alicyclic amines) is 1.